The lowest BCUT2D eigenvalue weighted by molar-refractivity contribution is -0.0511. The number of carboxylic acid groups (broad SMARTS) is 1. The molecule has 6 rings (SSSR count). The van der Waals surface area contributed by atoms with Gasteiger partial charge in [0.15, 0.2) is 0 Å². The zero-order chi connectivity index (χ0) is 42.1. The lowest BCUT2D eigenvalue weighted by Crippen LogP contribution is -2.46. The second-order valence-corrected chi connectivity index (χ2v) is 14.9. The van der Waals surface area contributed by atoms with Crippen LogP contribution in [0.5, 0.6) is 11.5 Å². The first kappa shape index (κ1) is 44.6. The third-order valence-corrected chi connectivity index (χ3v) is 9.34. The number of nitrogens with zero attached hydrogens (tertiary/aromatic N) is 7. The molecule has 19 heteroatoms. The number of carboxylic acids is 1. The van der Waals surface area contributed by atoms with Crippen molar-refractivity contribution in [3.05, 3.63) is 83.4 Å². The fourth-order valence-electron chi connectivity index (χ4n) is 6.04. The molecule has 2 saturated heterocycles. The van der Waals surface area contributed by atoms with Gasteiger partial charge < -0.3 is 35.0 Å². The van der Waals surface area contributed by atoms with Gasteiger partial charge in [0.2, 0.25) is 0 Å². The molecule has 0 spiro atoms. The van der Waals surface area contributed by atoms with Crippen LogP contribution in [-0.2, 0) is 11.2 Å². The van der Waals surface area contributed by atoms with Crippen molar-refractivity contribution >= 4 is 11.9 Å². The summed E-state index contributed by atoms with van der Waals surface area (Å²) in [7, 11) is 0. The third-order valence-electron chi connectivity index (χ3n) is 9.34. The number of hydrogen-bond acceptors (Lipinski definition) is 11. The molecule has 2 fully saturated rings. The van der Waals surface area contributed by atoms with E-state index in [-0.39, 0.29) is 40.6 Å². The maximum absolute atomic E-state index is 13.1. The van der Waals surface area contributed by atoms with E-state index >= 15 is 0 Å². The van der Waals surface area contributed by atoms with Crippen LogP contribution in [0.4, 0.5) is 17.6 Å². The van der Waals surface area contributed by atoms with Gasteiger partial charge in [-0.3, -0.25) is 4.79 Å². The summed E-state index contributed by atoms with van der Waals surface area (Å²) in [6, 6.07) is 11.9. The number of aromatic carboxylic acids is 1. The van der Waals surface area contributed by atoms with Gasteiger partial charge in [0.1, 0.15) is 39.7 Å². The number of halogens is 4. The number of benzene rings is 2. The summed E-state index contributed by atoms with van der Waals surface area (Å²) in [5.41, 5.74) is -1.12. The summed E-state index contributed by atoms with van der Waals surface area (Å²) in [5.74, 6) is -2.14. The Morgan fingerprint density at radius 3 is 1.68 bits per heavy atom. The van der Waals surface area contributed by atoms with Gasteiger partial charge in [-0.1, -0.05) is 24.3 Å². The smallest absolute Gasteiger partial charge is 0.387 e. The molecular formula is C38H50F4N8O7. The number of piperidine rings is 2. The molecule has 0 unspecified atom stereocenters. The summed E-state index contributed by atoms with van der Waals surface area (Å²) in [6.07, 6.45) is 6.87. The summed E-state index contributed by atoms with van der Waals surface area (Å²) >= 11 is 0. The van der Waals surface area contributed by atoms with Gasteiger partial charge in [-0.2, -0.15) is 47.5 Å². The molecule has 57 heavy (non-hydrogen) atoms. The standard InChI is InChI=1S/C19H24F2N4O3.C11H20N4O.C8H6F2O3/c1-12-8-9-13(25-22-10-16(23-25)19(2,3)27)11-24(12)17(26)14-6-4-5-7-15(14)28-18(20)21;1-8-4-5-9(6-12-8)15-13-7-10(14-15)11(2,3)16;9-8(10)13-6-4-2-1-3-5(6)7(11)12/h4-7,10,12-13,18,27H,8-9,11H2,1-3H3;7-9,12,16H,4-6H2,1-3H3;1-4,8H,(H,11,12)/t12-,13-;8-,9-;/m11./s1. The molecule has 4 aromatic rings. The zero-order valence-electron chi connectivity index (χ0n) is 32.6. The predicted molar refractivity (Wildman–Crippen MR) is 198 cm³/mol. The lowest BCUT2D eigenvalue weighted by atomic mass is 9.98. The molecule has 0 saturated carbocycles. The highest BCUT2D eigenvalue weighted by atomic mass is 19.3. The van der Waals surface area contributed by atoms with Gasteiger partial charge in [0.25, 0.3) is 5.91 Å². The molecule has 4 heterocycles. The van der Waals surface area contributed by atoms with Crippen LogP contribution < -0.4 is 14.8 Å². The van der Waals surface area contributed by atoms with Crippen molar-refractivity contribution in [3.8, 4) is 11.5 Å². The van der Waals surface area contributed by atoms with Crippen molar-refractivity contribution in [1.29, 1.82) is 0 Å². The highest BCUT2D eigenvalue weighted by Gasteiger charge is 2.34. The van der Waals surface area contributed by atoms with Crippen LogP contribution in [0.2, 0.25) is 0 Å². The number of carbonyl (C=O) groups is 2. The number of aromatic nitrogens is 6. The summed E-state index contributed by atoms with van der Waals surface area (Å²) < 4.78 is 57.4. The van der Waals surface area contributed by atoms with E-state index in [4.69, 9.17) is 5.11 Å². The van der Waals surface area contributed by atoms with Crippen molar-refractivity contribution in [2.75, 3.05) is 13.1 Å². The summed E-state index contributed by atoms with van der Waals surface area (Å²) in [6.45, 7) is 6.03. The molecule has 4 atom stereocenters. The molecule has 1 amide bonds. The van der Waals surface area contributed by atoms with Gasteiger partial charge in [-0.15, -0.1) is 0 Å². The Labute approximate surface area is 327 Å². The third kappa shape index (κ3) is 12.7. The molecule has 0 bridgehead atoms. The number of para-hydroxylation sites is 2. The average Bonchev–Trinajstić information content (AvgIpc) is 3.85. The van der Waals surface area contributed by atoms with Crippen LogP contribution in [0.25, 0.3) is 0 Å². The minimum atomic E-state index is -3.01. The average molecular weight is 807 g/mol. The predicted octanol–water partition coefficient (Wildman–Crippen LogP) is 5.78. The van der Waals surface area contributed by atoms with Crippen molar-refractivity contribution in [2.45, 2.75) is 116 Å². The Balaban J connectivity index is 0.000000209. The highest BCUT2D eigenvalue weighted by Crippen LogP contribution is 2.30. The van der Waals surface area contributed by atoms with Crippen LogP contribution in [0.15, 0.2) is 60.9 Å². The van der Waals surface area contributed by atoms with Crippen LogP contribution >= 0.6 is 0 Å². The van der Waals surface area contributed by atoms with Gasteiger partial charge in [0, 0.05) is 25.2 Å². The SMILES string of the molecule is C[C@@H]1CC[C@@H](n2ncc(C(C)(C)O)n2)CN1.C[C@@H]1CC[C@@H](n2ncc(C(C)(C)O)n2)CN1C(=O)c1ccccc1OC(F)F.O=C(O)c1ccccc1OC(F)F. The monoisotopic (exact) mass is 806 g/mol. The van der Waals surface area contributed by atoms with E-state index in [1.54, 1.807) is 55.7 Å². The molecule has 312 valence electrons. The lowest BCUT2D eigenvalue weighted by Gasteiger charge is -2.37. The Morgan fingerprint density at radius 1 is 0.754 bits per heavy atom. The maximum Gasteiger partial charge on any atom is 0.387 e. The molecule has 2 aromatic carbocycles. The van der Waals surface area contributed by atoms with Gasteiger partial charge in [-0.25, -0.2) is 4.79 Å². The number of likely N-dealkylation sites (tertiary alicyclic amines) is 1. The van der Waals surface area contributed by atoms with E-state index in [2.05, 4.69) is 42.1 Å². The van der Waals surface area contributed by atoms with Crippen LogP contribution in [0.1, 0.15) is 111 Å². The first-order chi connectivity index (χ1) is 26.7. The van der Waals surface area contributed by atoms with E-state index < -0.39 is 30.4 Å². The molecule has 2 aliphatic heterocycles. The van der Waals surface area contributed by atoms with Crippen molar-refractivity contribution in [1.82, 2.24) is 40.2 Å². The van der Waals surface area contributed by atoms with Crippen LogP contribution in [-0.4, -0.2) is 100 Å². The number of carbonyl (C=O) groups excluding carboxylic acids is 1. The first-order valence-electron chi connectivity index (χ1n) is 18.4. The highest BCUT2D eigenvalue weighted by molar-refractivity contribution is 5.97. The number of ether oxygens (including phenoxy) is 2. The van der Waals surface area contributed by atoms with E-state index in [0.717, 1.165) is 25.8 Å². The Bertz CT molecular complexity index is 1910. The second-order valence-electron chi connectivity index (χ2n) is 14.9. The van der Waals surface area contributed by atoms with Crippen LogP contribution in [0, 0.1) is 0 Å². The molecule has 2 aliphatic rings. The number of nitrogens with one attached hydrogen (secondary N) is 1. The quantitative estimate of drug-likeness (QED) is 0.142. The number of rotatable bonds is 10. The van der Waals surface area contributed by atoms with Crippen molar-refractivity contribution in [3.63, 3.8) is 0 Å². The summed E-state index contributed by atoms with van der Waals surface area (Å²) in [4.78, 5) is 28.4. The van der Waals surface area contributed by atoms with E-state index in [0.29, 0.717) is 36.4 Å². The molecule has 4 N–H and O–H groups in total. The van der Waals surface area contributed by atoms with Gasteiger partial charge >= 0.3 is 19.2 Å². The molecule has 0 aliphatic carbocycles. The zero-order valence-corrected chi connectivity index (χ0v) is 32.6. The fourth-order valence-corrected chi connectivity index (χ4v) is 6.04. The molecule has 2 aromatic heterocycles. The number of amides is 1. The number of alkyl halides is 4. The Morgan fingerprint density at radius 2 is 1.23 bits per heavy atom. The minimum Gasteiger partial charge on any atom is -0.478 e. The van der Waals surface area contributed by atoms with Gasteiger partial charge in [0.05, 0.1) is 30.0 Å². The Hall–Kier alpha value is -5.14. The van der Waals surface area contributed by atoms with Crippen LogP contribution in [0.3, 0.4) is 0 Å². The first-order valence-corrected chi connectivity index (χ1v) is 18.4. The summed E-state index contributed by atoms with van der Waals surface area (Å²) in [5, 5.41) is 49.0. The number of hydrogen-bond donors (Lipinski definition) is 4. The normalized spacial score (nSPS) is 19.9. The Kier molecular flexibility index (Phi) is 15.1. The van der Waals surface area contributed by atoms with Gasteiger partial charge in [-0.05, 0) is 91.5 Å². The molecular weight excluding hydrogens is 756 g/mol. The van der Waals surface area contributed by atoms with E-state index in [1.807, 2.05) is 6.92 Å². The second kappa shape index (κ2) is 19.3. The topological polar surface area (TPSA) is 190 Å². The maximum atomic E-state index is 13.1. The van der Waals surface area contributed by atoms with E-state index in [9.17, 15) is 37.4 Å². The molecule has 15 nitrogen and oxygen atoms in total. The molecule has 0 radical (unpaired) electrons. The van der Waals surface area contributed by atoms with E-state index in [1.165, 1.54) is 47.4 Å². The number of aliphatic hydroxyl groups is 2. The van der Waals surface area contributed by atoms with Crippen molar-refractivity contribution < 1.29 is 51.9 Å². The largest absolute Gasteiger partial charge is 0.478 e. The van der Waals surface area contributed by atoms with Crippen molar-refractivity contribution in [2.24, 2.45) is 0 Å². The fraction of sp³-hybridized carbons (Fsp3) is 0.526. The minimum absolute atomic E-state index is 0.0623.